The minimum atomic E-state index is -0.370. The van der Waals surface area contributed by atoms with Gasteiger partial charge in [-0.25, -0.2) is 10.1 Å². The minimum absolute atomic E-state index is 0.322. The van der Waals surface area contributed by atoms with Gasteiger partial charge in [0.25, 0.3) is 5.91 Å². The number of para-hydroxylation sites is 1. The van der Waals surface area contributed by atoms with Crippen LogP contribution in [0.15, 0.2) is 70.2 Å². The molecule has 0 fully saturated rings. The summed E-state index contributed by atoms with van der Waals surface area (Å²) in [6.07, 6.45) is 1.58. The molecule has 0 unspecified atom stereocenters. The SMILES string of the molecule is Cc1nn(-c2ccccc2)c(C)c1-c1cc(C(=O)N/N=C/c2cccc(Br)c2)[nH]n1. The molecule has 4 rings (SSSR count). The Morgan fingerprint density at radius 1 is 1.13 bits per heavy atom. The third-order valence-electron chi connectivity index (χ3n) is 4.60. The molecule has 0 aliphatic heterocycles. The zero-order valence-corrected chi connectivity index (χ0v) is 18.0. The standard InChI is InChI=1S/C22H19BrN6O/c1-14-21(15(2)29(28-14)18-9-4-3-5-10-18)19-12-20(26-25-19)22(30)27-24-13-16-7-6-8-17(23)11-16/h3-13H,1-2H3,(H,25,26)(H,27,30)/b24-13+. The number of hydrogen-bond donors (Lipinski definition) is 2. The van der Waals surface area contributed by atoms with E-state index in [1.807, 2.05) is 73.1 Å². The maximum atomic E-state index is 12.4. The van der Waals surface area contributed by atoms with Crippen LogP contribution < -0.4 is 5.43 Å². The summed E-state index contributed by atoms with van der Waals surface area (Å²) in [7, 11) is 0. The largest absolute Gasteiger partial charge is 0.289 e. The predicted octanol–water partition coefficient (Wildman–Crippen LogP) is 4.41. The van der Waals surface area contributed by atoms with Crippen LogP contribution in [0.1, 0.15) is 27.4 Å². The van der Waals surface area contributed by atoms with E-state index < -0.39 is 0 Å². The normalized spacial score (nSPS) is 11.2. The summed E-state index contributed by atoms with van der Waals surface area (Å²) in [5.74, 6) is -0.370. The van der Waals surface area contributed by atoms with Gasteiger partial charge in [-0.05, 0) is 49.7 Å². The van der Waals surface area contributed by atoms with Crippen molar-refractivity contribution in [1.29, 1.82) is 0 Å². The molecule has 4 aromatic rings. The van der Waals surface area contributed by atoms with Crippen LogP contribution in [-0.4, -0.2) is 32.1 Å². The van der Waals surface area contributed by atoms with Gasteiger partial charge in [0, 0.05) is 10.0 Å². The van der Waals surface area contributed by atoms with E-state index in [1.54, 1.807) is 12.3 Å². The van der Waals surface area contributed by atoms with Crippen molar-refractivity contribution in [3.63, 3.8) is 0 Å². The first kappa shape index (κ1) is 19.8. The van der Waals surface area contributed by atoms with Crippen LogP contribution in [-0.2, 0) is 0 Å². The molecule has 0 aliphatic carbocycles. The summed E-state index contributed by atoms with van der Waals surface area (Å²) < 4.78 is 2.82. The van der Waals surface area contributed by atoms with Crippen LogP contribution in [0.4, 0.5) is 0 Å². The van der Waals surface area contributed by atoms with E-state index in [-0.39, 0.29) is 5.91 Å². The second kappa shape index (κ2) is 8.46. The van der Waals surface area contributed by atoms with Gasteiger partial charge in [-0.2, -0.15) is 15.3 Å². The molecule has 2 aromatic heterocycles. The highest BCUT2D eigenvalue weighted by Crippen LogP contribution is 2.27. The number of carbonyl (C=O) groups is 1. The van der Waals surface area contributed by atoms with Crippen LogP contribution in [0.25, 0.3) is 16.9 Å². The van der Waals surface area contributed by atoms with Crippen molar-refractivity contribution in [3.8, 4) is 16.9 Å². The van der Waals surface area contributed by atoms with Crippen LogP contribution in [0.3, 0.4) is 0 Å². The summed E-state index contributed by atoms with van der Waals surface area (Å²) >= 11 is 3.40. The fourth-order valence-corrected chi connectivity index (χ4v) is 3.63. The van der Waals surface area contributed by atoms with Gasteiger partial charge in [0.15, 0.2) is 0 Å². The number of carbonyl (C=O) groups excluding carboxylic acids is 1. The lowest BCUT2D eigenvalue weighted by Gasteiger charge is -2.04. The molecule has 8 heteroatoms. The number of nitrogens with zero attached hydrogens (tertiary/aromatic N) is 4. The van der Waals surface area contributed by atoms with E-state index in [0.717, 1.165) is 32.7 Å². The predicted molar refractivity (Wildman–Crippen MR) is 120 cm³/mol. The number of aryl methyl sites for hydroxylation is 1. The topological polar surface area (TPSA) is 88.0 Å². The summed E-state index contributed by atoms with van der Waals surface area (Å²) in [6.45, 7) is 3.91. The number of halogens is 1. The molecule has 0 aliphatic rings. The van der Waals surface area contributed by atoms with Gasteiger partial charge in [-0.15, -0.1) is 0 Å². The van der Waals surface area contributed by atoms with E-state index in [0.29, 0.717) is 11.4 Å². The van der Waals surface area contributed by atoms with Crippen molar-refractivity contribution >= 4 is 28.1 Å². The molecule has 2 aromatic carbocycles. The van der Waals surface area contributed by atoms with Gasteiger partial charge >= 0.3 is 0 Å². The Kier molecular flexibility index (Phi) is 5.58. The molecule has 0 bridgehead atoms. The van der Waals surface area contributed by atoms with E-state index in [4.69, 9.17) is 0 Å². The van der Waals surface area contributed by atoms with E-state index in [2.05, 4.69) is 41.8 Å². The first-order valence-corrected chi connectivity index (χ1v) is 10.1. The van der Waals surface area contributed by atoms with Gasteiger partial charge < -0.3 is 0 Å². The second-order valence-corrected chi connectivity index (χ2v) is 7.63. The number of nitrogens with one attached hydrogen (secondary N) is 2. The fourth-order valence-electron chi connectivity index (χ4n) is 3.21. The van der Waals surface area contributed by atoms with E-state index in [1.165, 1.54) is 0 Å². The smallest absolute Gasteiger partial charge is 0.272 e. The van der Waals surface area contributed by atoms with Crippen molar-refractivity contribution in [2.24, 2.45) is 5.10 Å². The Bertz CT molecular complexity index is 1230. The molecule has 2 N–H and O–H groups in total. The van der Waals surface area contributed by atoms with Gasteiger partial charge in [0.05, 0.1) is 29.0 Å². The Labute approximate surface area is 182 Å². The molecule has 2 heterocycles. The van der Waals surface area contributed by atoms with Crippen molar-refractivity contribution in [3.05, 3.63) is 87.8 Å². The van der Waals surface area contributed by atoms with Gasteiger partial charge in [0.1, 0.15) is 5.69 Å². The number of aromatic amines is 1. The quantitative estimate of drug-likeness (QED) is 0.340. The molecular formula is C22H19BrN6O. The first-order chi connectivity index (χ1) is 14.5. The minimum Gasteiger partial charge on any atom is -0.272 e. The van der Waals surface area contributed by atoms with E-state index in [9.17, 15) is 4.79 Å². The second-order valence-electron chi connectivity index (χ2n) is 6.71. The molecule has 0 radical (unpaired) electrons. The molecule has 150 valence electrons. The van der Waals surface area contributed by atoms with Gasteiger partial charge in [-0.1, -0.05) is 46.3 Å². The van der Waals surface area contributed by atoms with E-state index >= 15 is 0 Å². The zero-order valence-electron chi connectivity index (χ0n) is 16.4. The Hall–Kier alpha value is -3.52. The third kappa shape index (κ3) is 4.08. The number of rotatable bonds is 5. The van der Waals surface area contributed by atoms with Crippen molar-refractivity contribution in [2.75, 3.05) is 0 Å². The monoisotopic (exact) mass is 462 g/mol. The van der Waals surface area contributed by atoms with Crippen LogP contribution in [0, 0.1) is 13.8 Å². The zero-order chi connectivity index (χ0) is 21.1. The summed E-state index contributed by atoms with van der Waals surface area (Å²) in [6, 6.07) is 19.2. The van der Waals surface area contributed by atoms with Gasteiger partial charge in [-0.3, -0.25) is 9.89 Å². The molecule has 1 amide bonds. The lowest BCUT2D eigenvalue weighted by molar-refractivity contribution is 0.0950. The summed E-state index contributed by atoms with van der Waals surface area (Å²) in [4.78, 5) is 12.4. The lowest BCUT2D eigenvalue weighted by atomic mass is 10.1. The molecule has 0 atom stereocenters. The van der Waals surface area contributed by atoms with Crippen molar-refractivity contribution in [1.82, 2.24) is 25.4 Å². The highest BCUT2D eigenvalue weighted by Gasteiger charge is 2.18. The highest BCUT2D eigenvalue weighted by molar-refractivity contribution is 9.10. The maximum Gasteiger partial charge on any atom is 0.289 e. The molecule has 0 saturated carbocycles. The van der Waals surface area contributed by atoms with Crippen LogP contribution in [0.5, 0.6) is 0 Å². The molecule has 0 saturated heterocycles. The number of benzene rings is 2. The number of hydrogen-bond acceptors (Lipinski definition) is 4. The third-order valence-corrected chi connectivity index (χ3v) is 5.09. The fraction of sp³-hybridized carbons (Fsp3) is 0.0909. The molecule has 0 spiro atoms. The van der Waals surface area contributed by atoms with Crippen LogP contribution >= 0.6 is 15.9 Å². The van der Waals surface area contributed by atoms with Crippen LogP contribution in [0.2, 0.25) is 0 Å². The molecule has 7 nitrogen and oxygen atoms in total. The Balaban J connectivity index is 1.53. The average Bonchev–Trinajstić information content (AvgIpc) is 3.33. The first-order valence-electron chi connectivity index (χ1n) is 9.29. The Morgan fingerprint density at radius 3 is 2.70 bits per heavy atom. The van der Waals surface area contributed by atoms with Crippen molar-refractivity contribution < 1.29 is 4.79 Å². The number of hydrazone groups is 1. The van der Waals surface area contributed by atoms with Gasteiger partial charge in [0.2, 0.25) is 0 Å². The van der Waals surface area contributed by atoms with Crippen molar-refractivity contribution in [2.45, 2.75) is 13.8 Å². The lowest BCUT2D eigenvalue weighted by Crippen LogP contribution is -2.17. The summed E-state index contributed by atoms with van der Waals surface area (Å²) in [5.41, 5.74) is 8.02. The average molecular weight is 463 g/mol. The molecule has 30 heavy (non-hydrogen) atoms. The number of amides is 1. The number of H-pyrrole nitrogens is 1. The summed E-state index contributed by atoms with van der Waals surface area (Å²) in [5, 5.41) is 15.7. The highest BCUT2D eigenvalue weighted by atomic mass is 79.9. The number of aromatic nitrogens is 4. The Morgan fingerprint density at radius 2 is 1.93 bits per heavy atom. The maximum absolute atomic E-state index is 12.4. The molecular weight excluding hydrogens is 444 g/mol.